The van der Waals surface area contributed by atoms with E-state index in [9.17, 15) is 4.79 Å². The molecule has 1 rings (SSSR count). The normalized spacial score (nSPS) is 23.4. The Balaban J connectivity index is 0.000000810. The fraction of sp³-hybridized carbons (Fsp3) is 0.500. The van der Waals surface area contributed by atoms with Crippen LogP contribution in [0.3, 0.4) is 0 Å². The molecule has 0 saturated carbocycles. The average Bonchev–Trinajstić information content (AvgIpc) is 1.90. The van der Waals surface area contributed by atoms with Gasteiger partial charge in [-0.2, -0.15) is 0 Å². The van der Waals surface area contributed by atoms with E-state index in [1.54, 1.807) is 0 Å². The Kier molecular flexibility index (Phi) is 4.07. The van der Waals surface area contributed by atoms with Gasteiger partial charge in [0.05, 0.1) is 6.04 Å². The number of nitrogens with one attached hydrogen (secondary N) is 1. The predicted octanol–water partition coefficient (Wildman–Crippen LogP) is -0.188. The van der Waals surface area contributed by atoms with Gasteiger partial charge >= 0.3 is 0 Å². The summed E-state index contributed by atoms with van der Waals surface area (Å²) in [5.74, 6) is -0.264. The third-order valence-electron chi connectivity index (χ3n) is 1.36. The summed E-state index contributed by atoms with van der Waals surface area (Å²) in [7, 11) is 0. The van der Waals surface area contributed by atoms with E-state index in [4.69, 9.17) is 5.73 Å². The Bertz CT molecular complexity index is 147. The first-order valence-electron chi connectivity index (χ1n) is 2.98. The maximum atomic E-state index is 10.5. The van der Waals surface area contributed by atoms with Crippen LogP contribution in [0.15, 0.2) is 12.2 Å². The van der Waals surface area contributed by atoms with E-state index in [0.29, 0.717) is 0 Å². The molecule has 58 valence electrons. The monoisotopic (exact) mass is 162 g/mol. The highest BCUT2D eigenvalue weighted by Crippen LogP contribution is 1.96. The maximum Gasteiger partial charge on any atom is 0.234 e. The third-order valence-corrected chi connectivity index (χ3v) is 1.36. The first-order valence-corrected chi connectivity index (χ1v) is 2.98. The molecule has 0 aromatic rings. The Morgan fingerprint density at radius 3 is 2.60 bits per heavy atom. The number of halogens is 1. The molecule has 1 amide bonds. The molecule has 0 radical (unpaired) electrons. The molecule has 0 aliphatic carbocycles. The summed E-state index contributed by atoms with van der Waals surface area (Å²) in [5.41, 5.74) is 5.03. The van der Waals surface area contributed by atoms with Gasteiger partial charge in [0.2, 0.25) is 5.91 Å². The van der Waals surface area contributed by atoms with Crippen molar-refractivity contribution < 1.29 is 4.79 Å². The van der Waals surface area contributed by atoms with Crippen LogP contribution in [0.1, 0.15) is 6.42 Å². The fourth-order valence-electron chi connectivity index (χ4n) is 0.826. The van der Waals surface area contributed by atoms with Crippen molar-refractivity contribution in [1.29, 1.82) is 0 Å². The Morgan fingerprint density at radius 1 is 1.60 bits per heavy atom. The van der Waals surface area contributed by atoms with Crippen LogP contribution in [0.25, 0.3) is 0 Å². The van der Waals surface area contributed by atoms with Crippen molar-refractivity contribution in [3.8, 4) is 0 Å². The summed E-state index contributed by atoms with van der Waals surface area (Å²) in [4.78, 5) is 10.5. The highest BCUT2D eigenvalue weighted by molar-refractivity contribution is 5.85. The Morgan fingerprint density at radius 2 is 2.30 bits per heavy atom. The number of hydrogen-bond donors (Lipinski definition) is 2. The van der Waals surface area contributed by atoms with Crippen molar-refractivity contribution in [3.05, 3.63) is 12.2 Å². The van der Waals surface area contributed by atoms with Crippen molar-refractivity contribution in [3.63, 3.8) is 0 Å². The summed E-state index contributed by atoms with van der Waals surface area (Å²) >= 11 is 0. The zero-order chi connectivity index (χ0) is 6.69. The second-order valence-electron chi connectivity index (χ2n) is 2.07. The lowest BCUT2D eigenvalue weighted by molar-refractivity contribution is -0.119. The molecule has 10 heavy (non-hydrogen) atoms. The van der Waals surface area contributed by atoms with Gasteiger partial charge in [0.1, 0.15) is 0 Å². The fourth-order valence-corrected chi connectivity index (χ4v) is 0.826. The summed E-state index contributed by atoms with van der Waals surface area (Å²) in [6, 6.07) is -0.144. The molecule has 1 heterocycles. The summed E-state index contributed by atoms with van der Waals surface area (Å²) in [6.45, 7) is 0.758. The van der Waals surface area contributed by atoms with Crippen molar-refractivity contribution >= 4 is 18.3 Å². The molecule has 1 aliphatic rings. The zero-order valence-electron chi connectivity index (χ0n) is 5.54. The second-order valence-corrected chi connectivity index (χ2v) is 2.07. The highest BCUT2D eigenvalue weighted by Gasteiger charge is 2.13. The van der Waals surface area contributed by atoms with Gasteiger partial charge in [0, 0.05) is 6.54 Å². The van der Waals surface area contributed by atoms with E-state index in [-0.39, 0.29) is 24.4 Å². The predicted molar refractivity (Wildman–Crippen MR) is 42.0 cm³/mol. The quantitative estimate of drug-likeness (QED) is 0.526. The van der Waals surface area contributed by atoms with Gasteiger partial charge in [-0.1, -0.05) is 12.2 Å². The van der Waals surface area contributed by atoms with E-state index < -0.39 is 0 Å². The number of primary amides is 1. The second kappa shape index (κ2) is 4.30. The van der Waals surface area contributed by atoms with Gasteiger partial charge < -0.3 is 11.1 Å². The maximum absolute atomic E-state index is 10.5. The summed E-state index contributed by atoms with van der Waals surface area (Å²) < 4.78 is 0. The number of rotatable bonds is 1. The van der Waals surface area contributed by atoms with E-state index in [1.807, 2.05) is 12.2 Å². The van der Waals surface area contributed by atoms with Gasteiger partial charge in [0.25, 0.3) is 0 Å². The number of amides is 1. The molecule has 0 bridgehead atoms. The molecule has 1 aliphatic heterocycles. The lowest BCUT2D eigenvalue weighted by Gasteiger charge is -2.14. The molecule has 1 atom stereocenters. The van der Waals surface area contributed by atoms with Crippen molar-refractivity contribution in [2.24, 2.45) is 5.73 Å². The molecule has 3 nitrogen and oxygen atoms in total. The Hall–Kier alpha value is -0.540. The number of hydrogen-bond acceptors (Lipinski definition) is 2. The van der Waals surface area contributed by atoms with E-state index >= 15 is 0 Å². The van der Waals surface area contributed by atoms with Crippen LogP contribution in [-0.2, 0) is 4.79 Å². The first-order chi connectivity index (χ1) is 4.30. The molecule has 0 fully saturated rings. The minimum Gasteiger partial charge on any atom is -0.368 e. The molecule has 0 aromatic heterocycles. The van der Waals surface area contributed by atoms with Gasteiger partial charge in [-0.05, 0) is 6.42 Å². The van der Waals surface area contributed by atoms with Crippen LogP contribution in [0, 0.1) is 0 Å². The molecule has 0 saturated heterocycles. The molecule has 3 N–H and O–H groups in total. The molecule has 1 unspecified atom stereocenters. The van der Waals surface area contributed by atoms with E-state index in [0.717, 1.165) is 13.0 Å². The molecular weight excluding hydrogens is 152 g/mol. The van der Waals surface area contributed by atoms with E-state index in [1.165, 1.54) is 0 Å². The lowest BCUT2D eigenvalue weighted by atomic mass is 10.1. The van der Waals surface area contributed by atoms with Crippen LogP contribution >= 0.6 is 12.4 Å². The molecule has 0 spiro atoms. The summed E-state index contributed by atoms with van der Waals surface area (Å²) in [5, 5.41) is 2.96. The zero-order valence-corrected chi connectivity index (χ0v) is 6.36. The van der Waals surface area contributed by atoms with Crippen molar-refractivity contribution in [2.75, 3.05) is 6.54 Å². The van der Waals surface area contributed by atoms with Gasteiger partial charge in [-0.15, -0.1) is 12.4 Å². The number of carbonyl (C=O) groups is 1. The Labute approximate surface area is 66.1 Å². The third kappa shape index (κ3) is 2.37. The van der Waals surface area contributed by atoms with E-state index in [2.05, 4.69) is 5.32 Å². The van der Waals surface area contributed by atoms with Crippen LogP contribution < -0.4 is 11.1 Å². The number of nitrogens with two attached hydrogens (primary N) is 1. The molecule has 0 aromatic carbocycles. The van der Waals surface area contributed by atoms with Gasteiger partial charge in [-0.3, -0.25) is 4.79 Å². The SMILES string of the molecule is Cl.NC(=O)C1CC=CCN1. The average molecular weight is 163 g/mol. The number of carbonyl (C=O) groups excluding carboxylic acids is 1. The molecular formula is C6H11ClN2O. The van der Waals surface area contributed by atoms with Gasteiger partial charge in [0.15, 0.2) is 0 Å². The minimum absolute atomic E-state index is 0. The van der Waals surface area contributed by atoms with Crippen LogP contribution in [0.2, 0.25) is 0 Å². The van der Waals surface area contributed by atoms with Crippen LogP contribution in [0.4, 0.5) is 0 Å². The standard InChI is InChI=1S/C6H10N2O.ClH/c7-6(9)5-3-1-2-4-8-5;/h1-2,5,8H,3-4H2,(H2,7,9);1H. The van der Waals surface area contributed by atoms with Crippen molar-refractivity contribution in [2.45, 2.75) is 12.5 Å². The largest absolute Gasteiger partial charge is 0.368 e. The smallest absolute Gasteiger partial charge is 0.234 e. The van der Waals surface area contributed by atoms with Crippen LogP contribution in [-0.4, -0.2) is 18.5 Å². The first kappa shape index (κ1) is 9.46. The summed E-state index contributed by atoms with van der Waals surface area (Å²) in [6.07, 6.45) is 4.68. The minimum atomic E-state index is -0.264. The van der Waals surface area contributed by atoms with Crippen LogP contribution in [0.5, 0.6) is 0 Å². The highest BCUT2D eigenvalue weighted by atomic mass is 35.5. The van der Waals surface area contributed by atoms with Gasteiger partial charge in [-0.25, -0.2) is 0 Å². The molecule has 4 heteroatoms. The van der Waals surface area contributed by atoms with Crippen molar-refractivity contribution in [1.82, 2.24) is 5.32 Å². The lowest BCUT2D eigenvalue weighted by Crippen LogP contribution is -2.42. The topological polar surface area (TPSA) is 55.1 Å².